The Morgan fingerprint density at radius 1 is 1.13 bits per heavy atom. The topological polar surface area (TPSA) is 127 Å². The molecule has 30 heavy (non-hydrogen) atoms. The molecule has 3 aromatic rings. The molecule has 1 fully saturated rings. The number of benzene rings is 2. The highest BCUT2D eigenvalue weighted by Gasteiger charge is 2.48. The average molecular weight is 405 g/mol. The SMILES string of the molecule is Cc1cc(N2C(=O)C(=O)C(=C(O)c3ccccc3)C2c2cccc([N+](=O)[O-])c2)no1. The monoisotopic (exact) mass is 405 g/mol. The van der Waals surface area contributed by atoms with Crippen molar-refractivity contribution in [3.05, 3.63) is 93.2 Å². The molecule has 150 valence electrons. The van der Waals surface area contributed by atoms with Crippen molar-refractivity contribution in [3.8, 4) is 0 Å². The normalized spacial score (nSPS) is 18.0. The van der Waals surface area contributed by atoms with Crippen LogP contribution in [0.2, 0.25) is 0 Å². The quantitative estimate of drug-likeness (QED) is 0.231. The molecule has 0 saturated carbocycles. The largest absolute Gasteiger partial charge is 0.507 e. The fourth-order valence-electron chi connectivity index (χ4n) is 3.41. The summed E-state index contributed by atoms with van der Waals surface area (Å²) in [4.78, 5) is 37.5. The first-order valence-corrected chi connectivity index (χ1v) is 8.92. The van der Waals surface area contributed by atoms with Gasteiger partial charge in [-0.05, 0) is 12.5 Å². The Bertz CT molecular complexity index is 1200. The van der Waals surface area contributed by atoms with E-state index in [9.17, 15) is 24.8 Å². The number of amides is 1. The Balaban J connectivity index is 1.97. The van der Waals surface area contributed by atoms with Gasteiger partial charge < -0.3 is 9.63 Å². The predicted octanol–water partition coefficient (Wildman–Crippen LogP) is 3.52. The summed E-state index contributed by atoms with van der Waals surface area (Å²) in [6.45, 7) is 1.62. The van der Waals surface area contributed by atoms with Gasteiger partial charge in [-0.15, -0.1) is 0 Å². The Labute approximate surface area is 170 Å². The number of aliphatic hydroxyl groups excluding tert-OH is 1. The molecule has 2 heterocycles. The summed E-state index contributed by atoms with van der Waals surface area (Å²) in [5.74, 6) is -1.75. The smallest absolute Gasteiger partial charge is 0.301 e. The van der Waals surface area contributed by atoms with Crippen molar-refractivity contribution in [1.29, 1.82) is 0 Å². The maximum Gasteiger partial charge on any atom is 0.301 e. The van der Waals surface area contributed by atoms with E-state index >= 15 is 0 Å². The van der Waals surface area contributed by atoms with Gasteiger partial charge in [-0.2, -0.15) is 0 Å². The highest BCUT2D eigenvalue weighted by atomic mass is 16.6. The maximum atomic E-state index is 12.9. The van der Waals surface area contributed by atoms with Crippen molar-refractivity contribution in [3.63, 3.8) is 0 Å². The lowest BCUT2D eigenvalue weighted by molar-refractivity contribution is -0.384. The molecule has 1 saturated heterocycles. The minimum absolute atomic E-state index is 0.0678. The number of Topliss-reactive ketones (excluding diaryl/α,β-unsaturated/α-hetero) is 1. The summed E-state index contributed by atoms with van der Waals surface area (Å²) in [5.41, 5.74) is 0.213. The number of hydrogen-bond donors (Lipinski definition) is 1. The van der Waals surface area contributed by atoms with E-state index < -0.39 is 22.7 Å². The van der Waals surface area contributed by atoms with Crippen LogP contribution in [0.3, 0.4) is 0 Å². The van der Waals surface area contributed by atoms with Gasteiger partial charge in [0.15, 0.2) is 5.82 Å². The number of carbonyl (C=O) groups is 2. The van der Waals surface area contributed by atoms with Gasteiger partial charge in [-0.3, -0.25) is 24.6 Å². The molecule has 4 rings (SSSR count). The van der Waals surface area contributed by atoms with Crippen LogP contribution in [0.1, 0.15) is 22.9 Å². The van der Waals surface area contributed by atoms with Crippen molar-refractivity contribution in [2.24, 2.45) is 0 Å². The maximum absolute atomic E-state index is 12.9. The highest BCUT2D eigenvalue weighted by molar-refractivity contribution is 6.51. The molecule has 1 unspecified atom stereocenters. The van der Waals surface area contributed by atoms with Crippen molar-refractivity contribution in [1.82, 2.24) is 5.16 Å². The van der Waals surface area contributed by atoms with Crippen LogP contribution in [0.25, 0.3) is 5.76 Å². The number of ketones is 1. The Kier molecular flexibility index (Phi) is 4.63. The van der Waals surface area contributed by atoms with Gasteiger partial charge in [-0.1, -0.05) is 47.6 Å². The lowest BCUT2D eigenvalue weighted by atomic mass is 9.95. The third kappa shape index (κ3) is 3.12. The number of nitrogens with zero attached hydrogens (tertiary/aromatic N) is 3. The van der Waals surface area contributed by atoms with Crippen molar-refractivity contribution < 1.29 is 24.1 Å². The number of aromatic nitrogens is 1. The summed E-state index contributed by atoms with van der Waals surface area (Å²) in [6.07, 6.45) is 0. The summed E-state index contributed by atoms with van der Waals surface area (Å²) in [5, 5.41) is 26.0. The Morgan fingerprint density at radius 3 is 2.50 bits per heavy atom. The van der Waals surface area contributed by atoms with Crippen molar-refractivity contribution >= 4 is 29.0 Å². The third-order valence-corrected chi connectivity index (χ3v) is 4.75. The van der Waals surface area contributed by atoms with Crippen LogP contribution in [0.5, 0.6) is 0 Å². The standard InChI is InChI=1S/C21H15N3O6/c1-12-10-16(22-30-12)23-18(14-8-5-9-15(11-14)24(28)29)17(20(26)21(23)27)19(25)13-6-3-2-4-7-13/h2-11,18,25H,1H3. The van der Waals surface area contributed by atoms with Crippen LogP contribution in [0.15, 0.2) is 70.8 Å². The molecule has 9 nitrogen and oxygen atoms in total. The summed E-state index contributed by atoms with van der Waals surface area (Å²) < 4.78 is 5.05. The predicted molar refractivity (Wildman–Crippen MR) is 106 cm³/mol. The minimum atomic E-state index is -1.12. The molecule has 1 aliphatic heterocycles. The number of carbonyl (C=O) groups excluding carboxylic acids is 2. The second-order valence-corrected chi connectivity index (χ2v) is 6.68. The minimum Gasteiger partial charge on any atom is -0.507 e. The van der Waals surface area contributed by atoms with Gasteiger partial charge in [0.05, 0.1) is 16.5 Å². The van der Waals surface area contributed by atoms with E-state index in [1.807, 2.05) is 0 Å². The lowest BCUT2D eigenvalue weighted by Crippen LogP contribution is -2.29. The van der Waals surface area contributed by atoms with Crippen LogP contribution < -0.4 is 4.90 Å². The van der Waals surface area contributed by atoms with E-state index in [-0.39, 0.29) is 28.4 Å². The first kappa shape index (κ1) is 19.1. The molecular weight excluding hydrogens is 390 g/mol. The number of anilines is 1. The van der Waals surface area contributed by atoms with Crippen LogP contribution in [0, 0.1) is 17.0 Å². The van der Waals surface area contributed by atoms with E-state index in [0.29, 0.717) is 11.3 Å². The Morgan fingerprint density at radius 2 is 1.87 bits per heavy atom. The van der Waals surface area contributed by atoms with Crippen molar-refractivity contribution in [2.75, 3.05) is 4.90 Å². The number of aryl methyl sites for hydroxylation is 1. The number of hydrogen-bond acceptors (Lipinski definition) is 7. The third-order valence-electron chi connectivity index (χ3n) is 4.75. The molecule has 1 atom stereocenters. The number of nitro benzene ring substituents is 1. The molecule has 1 amide bonds. The van der Waals surface area contributed by atoms with Gasteiger partial charge in [0.2, 0.25) is 0 Å². The number of nitro groups is 1. The van der Waals surface area contributed by atoms with Gasteiger partial charge in [0.1, 0.15) is 11.5 Å². The average Bonchev–Trinajstić information content (AvgIpc) is 3.29. The summed E-state index contributed by atoms with van der Waals surface area (Å²) >= 11 is 0. The molecule has 1 aliphatic rings. The van der Waals surface area contributed by atoms with E-state index in [4.69, 9.17) is 4.52 Å². The van der Waals surface area contributed by atoms with Gasteiger partial charge in [0, 0.05) is 23.8 Å². The molecular formula is C21H15N3O6. The fourth-order valence-corrected chi connectivity index (χ4v) is 3.41. The van der Waals surface area contributed by atoms with Crippen LogP contribution >= 0.6 is 0 Å². The van der Waals surface area contributed by atoms with E-state index in [1.165, 1.54) is 24.3 Å². The lowest BCUT2D eigenvalue weighted by Gasteiger charge is -2.22. The van der Waals surface area contributed by atoms with E-state index in [1.54, 1.807) is 43.3 Å². The number of aliphatic hydroxyl groups is 1. The zero-order chi connectivity index (χ0) is 21.4. The van der Waals surface area contributed by atoms with Crippen LogP contribution in [-0.2, 0) is 9.59 Å². The first-order valence-electron chi connectivity index (χ1n) is 8.92. The zero-order valence-electron chi connectivity index (χ0n) is 15.7. The molecule has 0 bridgehead atoms. The van der Waals surface area contributed by atoms with Crippen LogP contribution in [-0.4, -0.2) is 26.9 Å². The molecule has 2 aromatic carbocycles. The molecule has 9 heteroatoms. The zero-order valence-corrected chi connectivity index (χ0v) is 15.7. The summed E-state index contributed by atoms with van der Waals surface area (Å²) in [6, 6.07) is 14.2. The van der Waals surface area contributed by atoms with E-state index in [0.717, 1.165) is 4.90 Å². The highest BCUT2D eigenvalue weighted by Crippen LogP contribution is 2.42. The van der Waals surface area contributed by atoms with Gasteiger partial charge >= 0.3 is 5.91 Å². The number of non-ortho nitro benzene ring substituents is 1. The second-order valence-electron chi connectivity index (χ2n) is 6.68. The van der Waals surface area contributed by atoms with Gasteiger partial charge in [-0.25, -0.2) is 0 Å². The second kappa shape index (κ2) is 7.28. The molecule has 0 spiro atoms. The molecule has 1 N–H and O–H groups in total. The first-order chi connectivity index (χ1) is 14.4. The molecule has 1 aromatic heterocycles. The number of rotatable bonds is 4. The molecule has 0 radical (unpaired) electrons. The van der Waals surface area contributed by atoms with Gasteiger partial charge in [0.25, 0.3) is 11.5 Å². The molecule has 0 aliphatic carbocycles. The van der Waals surface area contributed by atoms with Crippen molar-refractivity contribution in [2.45, 2.75) is 13.0 Å². The van der Waals surface area contributed by atoms with Crippen LogP contribution in [0.4, 0.5) is 11.5 Å². The summed E-state index contributed by atoms with van der Waals surface area (Å²) in [7, 11) is 0. The Hall–Kier alpha value is -4.27. The van der Waals surface area contributed by atoms with E-state index in [2.05, 4.69) is 5.16 Å². The fraction of sp³-hybridized carbons (Fsp3) is 0.0952.